The summed E-state index contributed by atoms with van der Waals surface area (Å²) in [6.45, 7) is 2.10. The monoisotopic (exact) mass is 260 g/mol. The summed E-state index contributed by atoms with van der Waals surface area (Å²) in [5.74, 6) is -0.314. The lowest BCUT2D eigenvalue weighted by atomic mass is 10.1. The van der Waals surface area contributed by atoms with Gasteiger partial charge in [-0.1, -0.05) is 18.2 Å². The zero-order valence-corrected chi connectivity index (χ0v) is 10.7. The van der Waals surface area contributed by atoms with Crippen LogP contribution in [0, 0.1) is 0 Å². The largest absolute Gasteiger partial charge is 0.466 e. The van der Waals surface area contributed by atoms with E-state index in [0.29, 0.717) is 6.61 Å². The second-order valence-electron chi connectivity index (χ2n) is 4.11. The van der Waals surface area contributed by atoms with Gasteiger partial charge >= 0.3 is 12.0 Å². The smallest absolute Gasteiger partial charge is 0.326 e. The molecule has 5 heteroatoms. The van der Waals surface area contributed by atoms with Gasteiger partial charge in [-0.2, -0.15) is 0 Å². The second kappa shape index (κ2) is 6.04. The summed E-state index contributed by atoms with van der Waals surface area (Å²) < 4.78 is 4.85. The molecule has 1 aromatic carbocycles. The van der Waals surface area contributed by atoms with Crippen molar-refractivity contribution in [3.05, 3.63) is 42.6 Å². The summed E-state index contributed by atoms with van der Waals surface area (Å²) >= 11 is 0. The Hall–Kier alpha value is -2.30. The molecule has 2 amide bonds. The number of benzene rings is 1. The summed E-state index contributed by atoms with van der Waals surface area (Å²) in [5.41, 5.74) is 0.783. The molecule has 0 saturated carbocycles. The number of anilines is 1. The first kappa shape index (κ1) is 13.1. The Labute approximate surface area is 111 Å². The number of esters is 1. The van der Waals surface area contributed by atoms with Gasteiger partial charge in [0.05, 0.1) is 24.8 Å². The fourth-order valence-electron chi connectivity index (χ4n) is 1.84. The van der Waals surface area contributed by atoms with E-state index in [1.807, 2.05) is 30.3 Å². The third-order valence-corrected chi connectivity index (χ3v) is 2.72. The van der Waals surface area contributed by atoms with Crippen LogP contribution in [-0.2, 0) is 9.53 Å². The molecule has 0 radical (unpaired) electrons. The average Bonchev–Trinajstić information content (AvgIpc) is 2.40. The molecule has 1 unspecified atom stereocenters. The third-order valence-electron chi connectivity index (χ3n) is 2.72. The molecule has 1 N–H and O–H groups in total. The second-order valence-corrected chi connectivity index (χ2v) is 4.11. The van der Waals surface area contributed by atoms with Crippen LogP contribution in [-0.4, -0.2) is 24.6 Å². The minimum absolute atomic E-state index is 0.151. The van der Waals surface area contributed by atoms with Gasteiger partial charge in [0, 0.05) is 6.20 Å². The molecule has 0 bridgehead atoms. The van der Waals surface area contributed by atoms with Crippen molar-refractivity contribution in [2.24, 2.45) is 0 Å². The highest BCUT2D eigenvalue weighted by atomic mass is 16.5. The maximum Gasteiger partial charge on any atom is 0.326 e. The number of nitrogens with zero attached hydrogens (tertiary/aromatic N) is 1. The van der Waals surface area contributed by atoms with E-state index in [0.717, 1.165) is 5.69 Å². The summed E-state index contributed by atoms with van der Waals surface area (Å²) in [4.78, 5) is 24.8. The molecule has 0 aromatic heterocycles. The Kier molecular flexibility index (Phi) is 4.18. The lowest BCUT2D eigenvalue weighted by molar-refractivity contribution is -0.143. The quantitative estimate of drug-likeness (QED) is 0.843. The molecule has 1 aliphatic heterocycles. The predicted octanol–water partition coefficient (Wildman–Crippen LogP) is 2.05. The summed E-state index contributed by atoms with van der Waals surface area (Å²) in [7, 11) is 0. The van der Waals surface area contributed by atoms with Crippen molar-refractivity contribution in [2.75, 3.05) is 11.5 Å². The molecule has 0 saturated heterocycles. The molecule has 0 fully saturated rings. The van der Waals surface area contributed by atoms with Crippen molar-refractivity contribution in [3.8, 4) is 0 Å². The number of carbonyl (C=O) groups is 2. The van der Waals surface area contributed by atoms with Gasteiger partial charge in [-0.25, -0.2) is 4.79 Å². The normalized spacial score (nSPS) is 18.1. The van der Waals surface area contributed by atoms with Gasteiger partial charge in [0.1, 0.15) is 0 Å². The molecule has 1 aliphatic rings. The van der Waals surface area contributed by atoms with Gasteiger partial charge in [0.25, 0.3) is 0 Å². The number of carbonyl (C=O) groups excluding carboxylic acids is 2. The van der Waals surface area contributed by atoms with Crippen LogP contribution >= 0.6 is 0 Å². The first-order valence-electron chi connectivity index (χ1n) is 6.19. The SMILES string of the molecule is CCOC(=O)CC1C=CN(c2ccccc2)C(=O)N1. The van der Waals surface area contributed by atoms with E-state index in [4.69, 9.17) is 4.74 Å². The highest BCUT2D eigenvalue weighted by Gasteiger charge is 2.23. The van der Waals surface area contributed by atoms with Crippen molar-refractivity contribution < 1.29 is 14.3 Å². The van der Waals surface area contributed by atoms with Crippen molar-refractivity contribution in [3.63, 3.8) is 0 Å². The Morgan fingerprint density at radius 2 is 2.11 bits per heavy atom. The van der Waals surface area contributed by atoms with Crippen LogP contribution in [0.25, 0.3) is 0 Å². The fourth-order valence-corrected chi connectivity index (χ4v) is 1.84. The zero-order valence-electron chi connectivity index (χ0n) is 10.7. The van der Waals surface area contributed by atoms with E-state index >= 15 is 0 Å². The summed E-state index contributed by atoms with van der Waals surface area (Å²) in [6, 6.07) is 8.74. The first-order chi connectivity index (χ1) is 9.20. The maximum atomic E-state index is 12.0. The molecular weight excluding hydrogens is 244 g/mol. The van der Waals surface area contributed by atoms with Gasteiger partial charge in [-0.15, -0.1) is 0 Å². The summed E-state index contributed by atoms with van der Waals surface area (Å²) in [6.07, 6.45) is 3.61. The topological polar surface area (TPSA) is 58.6 Å². The van der Waals surface area contributed by atoms with E-state index in [-0.39, 0.29) is 24.5 Å². The van der Waals surface area contributed by atoms with Gasteiger partial charge in [0.2, 0.25) is 0 Å². The van der Waals surface area contributed by atoms with Crippen LogP contribution in [0.5, 0.6) is 0 Å². The maximum absolute atomic E-state index is 12.0. The first-order valence-corrected chi connectivity index (χ1v) is 6.19. The number of ether oxygens (including phenoxy) is 1. The molecule has 100 valence electrons. The van der Waals surface area contributed by atoms with Crippen LogP contribution in [0.2, 0.25) is 0 Å². The zero-order chi connectivity index (χ0) is 13.7. The van der Waals surface area contributed by atoms with E-state index in [9.17, 15) is 9.59 Å². The Morgan fingerprint density at radius 1 is 1.37 bits per heavy atom. The molecular formula is C14H16N2O3. The van der Waals surface area contributed by atoms with Gasteiger partial charge in [0.15, 0.2) is 0 Å². The molecule has 1 heterocycles. The van der Waals surface area contributed by atoms with E-state index in [1.54, 1.807) is 19.2 Å². The minimum atomic E-state index is -0.314. The number of rotatable bonds is 4. The number of hydrogen-bond acceptors (Lipinski definition) is 3. The van der Waals surface area contributed by atoms with Crippen molar-refractivity contribution in [1.29, 1.82) is 0 Å². The molecule has 0 spiro atoms. The van der Waals surface area contributed by atoms with Crippen LogP contribution in [0.15, 0.2) is 42.6 Å². The van der Waals surface area contributed by atoms with Crippen LogP contribution in [0.3, 0.4) is 0 Å². The van der Waals surface area contributed by atoms with Crippen molar-refractivity contribution in [2.45, 2.75) is 19.4 Å². The number of amides is 2. The standard InChI is InChI=1S/C14H16N2O3/c1-2-19-13(17)10-11-8-9-16(14(18)15-11)12-6-4-3-5-7-12/h3-9,11H,2,10H2,1H3,(H,15,18). The molecule has 0 aliphatic carbocycles. The van der Waals surface area contributed by atoms with Crippen molar-refractivity contribution in [1.82, 2.24) is 5.32 Å². The van der Waals surface area contributed by atoms with E-state index in [2.05, 4.69) is 5.32 Å². The molecule has 1 aromatic rings. The van der Waals surface area contributed by atoms with Crippen molar-refractivity contribution >= 4 is 17.7 Å². The van der Waals surface area contributed by atoms with Crippen LogP contribution < -0.4 is 10.2 Å². The summed E-state index contributed by atoms with van der Waals surface area (Å²) in [5, 5.41) is 2.75. The molecule has 1 atom stereocenters. The lowest BCUT2D eigenvalue weighted by Gasteiger charge is -2.27. The Morgan fingerprint density at radius 3 is 2.74 bits per heavy atom. The average molecular weight is 260 g/mol. The minimum Gasteiger partial charge on any atom is -0.466 e. The Balaban J connectivity index is 2.02. The third kappa shape index (κ3) is 3.34. The van der Waals surface area contributed by atoms with Gasteiger partial charge < -0.3 is 10.1 Å². The molecule has 5 nitrogen and oxygen atoms in total. The Bertz CT molecular complexity index is 485. The molecule has 2 rings (SSSR count). The number of nitrogens with one attached hydrogen (secondary N) is 1. The number of urea groups is 1. The lowest BCUT2D eigenvalue weighted by Crippen LogP contribution is -2.46. The number of para-hydroxylation sites is 1. The highest BCUT2D eigenvalue weighted by molar-refractivity contribution is 5.95. The molecule has 19 heavy (non-hydrogen) atoms. The van der Waals surface area contributed by atoms with Gasteiger partial charge in [-0.3, -0.25) is 9.69 Å². The van der Waals surface area contributed by atoms with E-state index in [1.165, 1.54) is 4.90 Å². The van der Waals surface area contributed by atoms with Crippen LogP contribution in [0.1, 0.15) is 13.3 Å². The fraction of sp³-hybridized carbons (Fsp3) is 0.286. The number of hydrogen-bond donors (Lipinski definition) is 1. The van der Waals surface area contributed by atoms with E-state index < -0.39 is 0 Å². The van der Waals surface area contributed by atoms with Crippen LogP contribution in [0.4, 0.5) is 10.5 Å². The predicted molar refractivity (Wildman–Crippen MR) is 71.6 cm³/mol. The highest BCUT2D eigenvalue weighted by Crippen LogP contribution is 2.17. The van der Waals surface area contributed by atoms with Gasteiger partial charge in [-0.05, 0) is 25.1 Å².